The average Bonchev–Trinajstić information content (AvgIpc) is 3.05. The van der Waals surface area contributed by atoms with E-state index in [1.54, 1.807) is 0 Å². The quantitative estimate of drug-likeness (QED) is 0.0447. The van der Waals surface area contributed by atoms with Crippen LogP contribution in [-0.2, 0) is 14.3 Å². The normalized spacial score (nSPS) is 13.2. The topological polar surface area (TPSA) is 55.8 Å². The molecule has 0 spiro atoms. The molecule has 0 aliphatic rings. The maximum atomic E-state index is 12.1. The smallest absolute Gasteiger partial charge is 0.306 e. The van der Waals surface area contributed by atoms with Gasteiger partial charge in [0.15, 0.2) is 0 Å². The number of carbonyl (C=O) groups excluding carboxylic acids is 1. The lowest BCUT2D eigenvalue weighted by Crippen LogP contribution is -2.27. The molecule has 1 N–H and O–H groups in total. The summed E-state index contributed by atoms with van der Waals surface area (Å²) in [7, 11) is 0. The predicted molar refractivity (Wildman–Crippen MR) is 196 cm³/mol. The zero-order chi connectivity index (χ0) is 32.7. The van der Waals surface area contributed by atoms with Gasteiger partial charge in [0.1, 0.15) is 6.10 Å². The van der Waals surface area contributed by atoms with E-state index < -0.39 is 6.10 Å². The lowest BCUT2D eigenvalue weighted by Gasteiger charge is -2.15. The Morgan fingerprint density at radius 3 is 1.51 bits per heavy atom. The highest BCUT2D eigenvalue weighted by atomic mass is 16.6. The van der Waals surface area contributed by atoms with Crippen molar-refractivity contribution in [3.8, 4) is 0 Å². The highest BCUT2D eigenvalue weighted by Gasteiger charge is 2.13. The van der Waals surface area contributed by atoms with E-state index in [4.69, 9.17) is 9.47 Å². The first-order valence-electron chi connectivity index (χ1n) is 18.5. The molecule has 0 radical (unpaired) electrons. The zero-order valence-electron chi connectivity index (χ0n) is 29.4. The molecule has 0 aromatic carbocycles. The van der Waals surface area contributed by atoms with Crippen LogP contribution in [0.4, 0.5) is 0 Å². The Kier molecular flexibility index (Phi) is 36.2. The van der Waals surface area contributed by atoms with E-state index in [-0.39, 0.29) is 19.2 Å². The molecule has 0 bridgehead atoms. The number of carbonyl (C=O) groups is 1. The second kappa shape index (κ2) is 38.0. The van der Waals surface area contributed by atoms with Crippen LogP contribution in [0.5, 0.6) is 0 Å². The molecule has 0 heterocycles. The first-order valence-corrected chi connectivity index (χ1v) is 18.5. The Bertz CT molecular complexity index is 789. The van der Waals surface area contributed by atoms with Gasteiger partial charge in [0, 0.05) is 13.0 Å². The van der Waals surface area contributed by atoms with E-state index in [0.29, 0.717) is 13.0 Å². The molecular weight excluding hydrogens is 556 g/mol. The molecule has 0 rings (SSSR count). The number of hydrogen-bond acceptors (Lipinski definition) is 4. The number of ether oxygens (including phenoxy) is 2. The van der Waals surface area contributed by atoms with Gasteiger partial charge in [0.05, 0.1) is 13.2 Å². The molecule has 0 fully saturated rings. The summed E-state index contributed by atoms with van der Waals surface area (Å²) >= 11 is 0. The fourth-order valence-corrected chi connectivity index (χ4v) is 4.76. The molecule has 0 saturated heterocycles. The molecule has 0 aliphatic heterocycles. The Morgan fingerprint density at radius 2 is 1.00 bits per heavy atom. The van der Waals surface area contributed by atoms with Gasteiger partial charge >= 0.3 is 5.97 Å². The predicted octanol–water partition coefficient (Wildman–Crippen LogP) is 11.9. The van der Waals surface area contributed by atoms with E-state index in [0.717, 1.165) is 77.0 Å². The lowest BCUT2D eigenvalue weighted by molar-refractivity contribution is -0.154. The Morgan fingerprint density at radius 1 is 0.556 bits per heavy atom. The molecule has 0 aromatic rings. The number of hydrogen-bond donors (Lipinski definition) is 1. The lowest BCUT2D eigenvalue weighted by atomic mass is 10.1. The third-order valence-corrected chi connectivity index (χ3v) is 7.52. The minimum Gasteiger partial charge on any atom is -0.457 e. The number of unbranched alkanes of at least 4 members (excludes halogenated alkanes) is 13. The third kappa shape index (κ3) is 36.2. The van der Waals surface area contributed by atoms with Gasteiger partial charge in [0.2, 0.25) is 0 Å². The van der Waals surface area contributed by atoms with Crippen LogP contribution in [0, 0.1) is 0 Å². The highest BCUT2D eigenvalue weighted by Crippen LogP contribution is 2.10. The van der Waals surface area contributed by atoms with Crippen molar-refractivity contribution in [2.75, 3.05) is 19.8 Å². The Hall–Kier alpha value is -2.17. The second-order valence-corrected chi connectivity index (χ2v) is 11.9. The number of aliphatic hydroxyl groups is 1. The van der Waals surface area contributed by atoms with Crippen molar-refractivity contribution in [1.29, 1.82) is 0 Å². The van der Waals surface area contributed by atoms with E-state index in [1.807, 2.05) is 0 Å². The summed E-state index contributed by atoms with van der Waals surface area (Å²) in [6.07, 6.45) is 50.8. The monoisotopic (exact) mass is 627 g/mol. The largest absolute Gasteiger partial charge is 0.457 e. The van der Waals surface area contributed by atoms with Gasteiger partial charge in [-0.3, -0.25) is 4.79 Å². The van der Waals surface area contributed by atoms with Crippen LogP contribution in [0.1, 0.15) is 155 Å². The average molecular weight is 627 g/mol. The minimum atomic E-state index is -0.554. The van der Waals surface area contributed by atoms with E-state index >= 15 is 0 Å². The van der Waals surface area contributed by atoms with Crippen molar-refractivity contribution in [2.24, 2.45) is 0 Å². The van der Waals surface area contributed by atoms with Gasteiger partial charge in [-0.15, -0.1) is 0 Å². The molecule has 1 atom stereocenters. The molecule has 0 aliphatic carbocycles. The molecule has 45 heavy (non-hydrogen) atoms. The van der Waals surface area contributed by atoms with Crippen LogP contribution in [0.25, 0.3) is 0 Å². The van der Waals surface area contributed by atoms with E-state index in [2.05, 4.69) is 86.8 Å². The van der Waals surface area contributed by atoms with Crippen LogP contribution < -0.4 is 0 Å². The molecule has 0 amide bonds. The molecular formula is C41H70O4. The number of rotatable bonds is 33. The third-order valence-electron chi connectivity index (χ3n) is 7.52. The van der Waals surface area contributed by atoms with Crippen LogP contribution in [0.3, 0.4) is 0 Å². The van der Waals surface area contributed by atoms with Crippen molar-refractivity contribution in [1.82, 2.24) is 0 Å². The van der Waals surface area contributed by atoms with Crippen molar-refractivity contribution in [3.63, 3.8) is 0 Å². The fraction of sp³-hybridized carbons (Fsp3) is 0.683. The summed E-state index contributed by atoms with van der Waals surface area (Å²) in [5.41, 5.74) is 0. The van der Waals surface area contributed by atoms with Gasteiger partial charge in [-0.25, -0.2) is 0 Å². The van der Waals surface area contributed by atoms with Crippen molar-refractivity contribution >= 4 is 5.97 Å². The first-order chi connectivity index (χ1) is 22.2. The van der Waals surface area contributed by atoms with Gasteiger partial charge in [-0.05, 0) is 83.5 Å². The SMILES string of the molecule is CC/C=C\C/C=C\C/C=C\C/C=C\CCCCCCCOCC(CO)OC(=O)CCCCCCC/C=C\C/C=C\CCCCC. The number of esters is 1. The maximum Gasteiger partial charge on any atom is 0.306 e. The summed E-state index contributed by atoms with van der Waals surface area (Å²) in [6, 6.07) is 0. The summed E-state index contributed by atoms with van der Waals surface area (Å²) < 4.78 is 11.1. The molecule has 258 valence electrons. The molecule has 4 nitrogen and oxygen atoms in total. The van der Waals surface area contributed by atoms with Crippen LogP contribution in [0.15, 0.2) is 72.9 Å². The molecule has 4 heteroatoms. The summed E-state index contributed by atoms with van der Waals surface area (Å²) in [4.78, 5) is 12.1. The van der Waals surface area contributed by atoms with E-state index in [1.165, 1.54) is 57.8 Å². The Balaban J connectivity index is 3.55. The summed E-state index contributed by atoms with van der Waals surface area (Å²) in [6.45, 7) is 5.13. The second-order valence-electron chi connectivity index (χ2n) is 11.9. The van der Waals surface area contributed by atoms with Gasteiger partial charge < -0.3 is 14.6 Å². The minimum absolute atomic E-state index is 0.189. The van der Waals surface area contributed by atoms with Crippen molar-refractivity contribution < 1.29 is 19.4 Å². The molecule has 0 aromatic heterocycles. The van der Waals surface area contributed by atoms with Crippen molar-refractivity contribution in [2.45, 2.75) is 161 Å². The van der Waals surface area contributed by atoms with Crippen LogP contribution >= 0.6 is 0 Å². The standard InChI is InChI=1S/C41H70O4/c1-3-5-7-9-11-13-15-17-19-20-21-23-25-27-29-31-33-35-37-44-39-40(38-42)45-41(43)36-34-32-30-28-26-24-22-18-16-14-12-10-8-6-4-2/h5,7,11-14,17-19,21-23,40,42H,3-4,6,8-10,15-16,20,24-39H2,1-2H3/b7-5-,13-11-,14-12-,19-17-,22-18-,23-21-. The summed E-state index contributed by atoms with van der Waals surface area (Å²) in [5, 5.41) is 9.56. The first kappa shape index (κ1) is 42.8. The van der Waals surface area contributed by atoms with Gasteiger partial charge in [-0.2, -0.15) is 0 Å². The maximum absolute atomic E-state index is 12.1. The highest BCUT2D eigenvalue weighted by molar-refractivity contribution is 5.69. The van der Waals surface area contributed by atoms with E-state index in [9.17, 15) is 9.90 Å². The molecule has 0 saturated carbocycles. The van der Waals surface area contributed by atoms with Crippen molar-refractivity contribution in [3.05, 3.63) is 72.9 Å². The number of aliphatic hydroxyl groups excluding tert-OH is 1. The van der Waals surface area contributed by atoms with Gasteiger partial charge in [0.25, 0.3) is 0 Å². The number of allylic oxidation sites excluding steroid dienone is 12. The Labute approximate surface area is 278 Å². The van der Waals surface area contributed by atoms with Gasteiger partial charge in [-0.1, -0.05) is 138 Å². The van der Waals surface area contributed by atoms with Crippen LogP contribution in [-0.4, -0.2) is 37.0 Å². The van der Waals surface area contributed by atoms with Crippen LogP contribution in [0.2, 0.25) is 0 Å². The fourth-order valence-electron chi connectivity index (χ4n) is 4.76. The molecule has 1 unspecified atom stereocenters. The zero-order valence-corrected chi connectivity index (χ0v) is 29.4. The summed E-state index contributed by atoms with van der Waals surface area (Å²) in [5.74, 6) is -0.225.